The molecule has 138 valence electrons. The third-order valence-corrected chi connectivity index (χ3v) is 3.45. The Morgan fingerprint density at radius 3 is 1.84 bits per heavy atom. The molecule has 1 aromatic carbocycles. The highest BCUT2D eigenvalue weighted by atomic mass is 16.2. The average Bonchev–Trinajstić information content (AvgIpc) is 2.47. The Hall–Kier alpha value is -2.37. The standard InChI is InChI=1S/C19H29N3O3/c1-12(2)11-16(23)21-14-7-9-15(10-8-14)22-17(24)13(3)20-18(25)19(4,5)6/h7-10,12-13H,11H2,1-6H3,(H,20,25)(H,21,23)(H,22,24). The van der Waals surface area contributed by atoms with Gasteiger partial charge < -0.3 is 16.0 Å². The summed E-state index contributed by atoms with van der Waals surface area (Å²) in [5.41, 5.74) is 0.728. The minimum atomic E-state index is -0.642. The van der Waals surface area contributed by atoms with Gasteiger partial charge >= 0.3 is 0 Å². The normalized spacial score (nSPS) is 12.4. The van der Waals surface area contributed by atoms with Gasteiger partial charge in [-0.15, -0.1) is 0 Å². The van der Waals surface area contributed by atoms with E-state index >= 15 is 0 Å². The number of anilines is 2. The van der Waals surface area contributed by atoms with Gasteiger partial charge in [0.2, 0.25) is 17.7 Å². The molecular formula is C19H29N3O3. The summed E-state index contributed by atoms with van der Waals surface area (Å²) in [6.07, 6.45) is 0.462. The van der Waals surface area contributed by atoms with E-state index in [1.54, 1.807) is 52.0 Å². The average molecular weight is 347 g/mol. The first-order valence-electron chi connectivity index (χ1n) is 8.50. The lowest BCUT2D eigenvalue weighted by Gasteiger charge is -2.21. The lowest BCUT2D eigenvalue weighted by molar-refractivity contribution is -0.131. The molecule has 0 spiro atoms. The zero-order valence-corrected chi connectivity index (χ0v) is 15.9. The van der Waals surface area contributed by atoms with E-state index in [-0.39, 0.29) is 17.7 Å². The fourth-order valence-corrected chi connectivity index (χ4v) is 1.95. The molecule has 3 amide bonds. The topological polar surface area (TPSA) is 87.3 Å². The molecule has 0 aliphatic rings. The molecule has 1 aromatic rings. The number of hydrogen-bond acceptors (Lipinski definition) is 3. The van der Waals surface area contributed by atoms with Crippen LogP contribution in [0.15, 0.2) is 24.3 Å². The van der Waals surface area contributed by atoms with E-state index in [0.717, 1.165) is 0 Å². The molecule has 0 saturated carbocycles. The van der Waals surface area contributed by atoms with Gasteiger partial charge in [-0.3, -0.25) is 14.4 Å². The molecule has 1 atom stereocenters. The van der Waals surface area contributed by atoms with Crippen LogP contribution < -0.4 is 16.0 Å². The minimum Gasteiger partial charge on any atom is -0.344 e. The molecule has 0 radical (unpaired) electrons. The van der Waals surface area contributed by atoms with Crippen molar-refractivity contribution in [3.05, 3.63) is 24.3 Å². The summed E-state index contributed by atoms with van der Waals surface area (Å²) in [7, 11) is 0. The van der Waals surface area contributed by atoms with Gasteiger partial charge in [0.05, 0.1) is 0 Å². The number of amides is 3. The van der Waals surface area contributed by atoms with Crippen LogP contribution in [0.3, 0.4) is 0 Å². The Labute approximate surface area is 149 Å². The summed E-state index contributed by atoms with van der Waals surface area (Å²) in [6.45, 7) is 11.0. The SMILES string of the molecule is CC(C)CC(=O)Nc1ccc(NC(=O)C(C)NC(=O)C(C)(C)C)cc1. The van der Waals surface area contributed by atoms with Crippen molar-refractivity contribution < 1.29 is 14.4 Å². The van der Waals surface area contributed by atoms with Gasteiger partial charge in [0, 0.05) is 23.2 Å². The molecule has 0 aliphatic carbocycles. The molecule has 0 aliphatic heterocycles. The smallest absolute Gasteiger partial charge is 0.246 e. The molecule has 0 saturated heterocycles. The van der Waals surface area contributed by atoms with Crippen molar-refractivity contribution in [2.24, 2.45) is 11.3 Å². The predicted molar refractivity (Wildman–Crippen MR) is 100 cm³/mol. The van der Waals surface area contributed by atoms with Gasteiger partial charge in [-0.25, -0.2) is 0 Å². The van der Waals surface area contributed by atoms with E-state index in [0.29, 0.717) is 23.7 Å². The maximum atomic E-state index is 12.2. The maximum absolute atomic E-state index is 12.2. The lowest BCUT2D eigenvalue weighted by Crippen LogP contribution is -2.46. The molecular weight excluding hydrogens is 318 g/mol. The molecule has 0 fully saturated rings. The minimum absolute atomic E-state index is 0.0368. The first-order chi connectivity index (χ1) is 11.5. The summed E-state index contributed by atoms with van der Waals surface area (Å²) >= 11 is 0. The molecule has 3 N–H and O–H groups in total. The van der Waals surface area contributed by atoms with Crippen molar-refractivity contribution >= 4 is 29.1 Å². The van der Waals surface area contributed by atoms with Gasteiger partial charge in [-0.05, 0) is 37.1 Å². The van der Waals surface area contributed by atoms with Crippen LogP contribution in [0.4, 0.5) is 11.4 Å². The van der Waals surface area contributed by atoms with Crippen LogP contribution in [0.5, 0.6) is 0 Å². The van der Waals surface area contributed by atoms with E-state index in [1.165, 1.54) is 0 Å². The van der Waals surface area contributed by atoms with Crippen molar-refractivity contribution in [3.8, 4) is 0 Å². The fourth-order valence-electron chi connectivity index (χ4n) is 1.95. The summed E-state index contributed by atoms with van der Waals surface area (Å²) in [4.78, 5) is 35.8. The van der Waals surface area contributed by atoms with Crippen LogP contribution in [0.2, 0.25) is 0 Å². The molecule has 25 heavy (non-hydrogen) atoms. The van der Waals surface area contributed by atoms with Crippen molar-refractivity contribution in [2.75, 3.05) is 10.6 Å². The van der Waals surface area contributed by atoms with Gasteiger partial charge in [-0.1, -0.05) is 34.6 Å². The van der Waals surface area contributed by atoms with Crippen LogP contribution in [-0.4, -0.2) is 23.8 Å². The molecule has 6 heteroatoms. The second-order valence-corrected chi connectivity index (χ2v) is 7.66. The number of carbonyl (C=O) groups excluding carboxylic acids is 3. The molecule has 0 aromatic heterocycles. The Bertz CT molecular complexity index is 616. The van der Waals surface area contributed by atoms with Gasteiger partial charge in [0.25, 0.3) is 0 Å². The van der Waals surface area contributed by atoms with Gasteiger partial charge in [0.1, 0.15) is 6.04 Å². The van der Waals surface area contributed by atoms with Crippen LogP contribution in [0.25, 0.3) is 0 Å². The van der Waals surface area contributed by atoms with E-state index in [1.807, 2.05) is 13.8 Å². The van der Waals surface area contributed by atoms with Gasteiger partial charge in [0.15, 0.2) is 0 Å². The van der Waals surface area contributed by atoms with E-state index in [4.69, 9.17) is 0 Å². The summed E-state index contributed by atoms with van der Waals surface area (Å²) in [6, 6.07) is 6.23. The number of carbonyl (C=O) groups is 3. The fraction of sp³-hybridized carbons (Fsp3) is 0.526. The van der Waals surface area contributed by atoms with Crippen molar-refractivity contribution in [3.63, 3.8) is 0 Å². The van der Waals surface area contributed by atoms with Crippen molar-refractivity contribution in [1.29, 1.82) is 0 Å². The van der Waals surface area contributed by atoms with E-state index in [2.05, 4.69) is 16.0 Å². The molecule has 0 bridgehead atoms. The third kappa shape index (κ3) is 7.37. The molecule has 1 unspecified atom stereocenters. The molecule has 6 nitrogen and oxygen atoms in total. The number of hydrogen-bond donors (Lipinski definition) is 3. The quantitative estimate of drug-likeness (QED) is 0.739. The van der Waals surface area contributed by atoms with Crippen molar-refractivity contribution in [2.45, 2.75) is 54.0 Å². The Kier molecular flexibility index (Phi) is 7.15. The van der Waals surface area contributed by atoms with Crippen molar-refractivity contribution in [1.82, 2.24) is 5.32 Å². The van der Waals surface area contributed by atoms with Crippen LogP contribution >= 0.6 is 0 Å². The largest absolute Gasteiger partial charge is 0.344 e. The second-order valence-electron chi connectivity index (χ2n) is 7.66. The zero-order chi connectivity index (χ0) is 19.2. The second kappa shape index (κ2) is 8.65. The molecule has 0 heterocycles. The summed E-state index contributed by atoms with van der Waals surface area (Å²) in [5.74, 6) is -0.221. The summed E-state index contributed by atoms with van der Waals surface area (Å²) in [5, 5.41) is 8.24. The van der Waals surface area contributed by atoms with E-state index in [9.17, 15) is 14.4 Å². The highest BCUT2D eigenvalue weighted by molar-refractivity contribution is 5.98. The zero-order valence-electron chi connectivity index (χ0n) is 15.9. The predicted octanol–water partition coefficient (Wildman–Crippen LogP) is 3.16. The number of benzene rings is 1. The van der Waals surface area contributed by atoms with Crippen LogP contribution in [-0.2, 0) is 14.4 Å². The maximum Gasteiger partial charge on any atom is 0.246 e. The highest BCUT2D eigenvalue weighted by Crippen LogP contribution is 2.16. The first kappa shape index (κ1) is 20.7. The van der Waals surface area contributed by atoms with E-state index < -0.39 is 11.5 Å². The van der Waals surface area contributed by atoms with Crippen LogP contribution in [0.1, 0.15) is 48.0 Å². The monoisotopic (exact) mass is 347 g/mol. The molecule has 1 rings (SSSR count). The first-order valence-corrected chi connectivity index (χ1v) is 8.50. The Balaban J connectivity index is 2.58. The number of nitrogens with one attached hydrogen (secondary N) is 3. The Morgan fingerprint density at radius 2 is 1.40 bits per heavy atom. The lowest BCUT2D eigenvalue weighted by atomic mass is 9.95. The summed E-state index contributed by atoms with van der Waals surface area (Å²) < 4.78 is 0. The third-order valence-electron chi connectivity index (χ3n) is 3.45. The number of rotatable bonds is 6. The Morgan fingerprint density at radius 1 is 0.920 bits per heavy atom. The van der Waals surface area contributed by atoms with Gasteiger partial charge in [-0.2, -0.15) is 0 Å². The highest BCUT2D eigenvalue weighted by Gasteiger charge is 2.25. The van der Waals surface area contributed by atoms with Crippen LogP contribution in [0, 0.1) is 11.3 Å².